The Hall–Kier alpha value is -0.590. The van der Waals surface area contributed by atoms with Gasteiger partial charge in [-0.15, -0.1) is 0 Å². The maximum Gasteiger partial charge on any atom is 0.155 e. The lowest BCUT2D eigenvalue weighted by Crippen LogP contribution is -1.89. The van der Waals surface area contributed by atoms with Crippen molar-refractivity contribution in [2.45, 2.75) is 20.3 Å². The Morgan fingerprint density at radius 3 is 2.50 bits per heavy atom. The molecule has 0 saturated carbocycles. The van der Waals surface area contributed by atoms with Gasteiger partial charge < -0.3 is 0 Å². The first-order valence-electron chi connectivity index (χ1n) is 2.74. The number of hydrogen-bond acceptors (Lipinski definition) is 1. The number of allylic oxidation sites excluding steroid dienone is 2. The molecule has 0 fully saturated rings. The van der Waals surface area contributed by atoms with E-state index in [1.165, 1.54) is 0 Å². The first-order chi connectivity index (χ1) is 3.81. The van der Waals surface area contributed by atoms with Crippen LogP contribution in [0.1, 0.15) is 20.3 Å². The lowest BCUT2D eigenvalue weighted by atomic mass is 10.2. The van der Waals surface area contributed by atoms with Crippen molar-refractivity contribution in [3.05, 3.63) is 18.6 Å². The number of carbonyl (C=O) groups is 1. The Bertz CT molecular complexity index is 92.6. The van der Waals surface area contributed by atoms with Crippen LogP contribution in [0, 0.1) is 6.42 Å². The molecule has 8 heavy (non-hydrogen) atoms. The van der Waals surface area contributed by atoms with Crippen molar-refractivity contribution < 1.29 is 4.79 Å². The maximum absolute atomic E-state index is 10.5. The molecular weight excluding hydrogens is 100 g/mol. The van der Waals surface area contributed by atoms with Gasteiger partial charge in [-0.2, -0.15) is 0 Å². The summed E-state index contributed by atoms with van der Waals surface area (Å²) in [6, 6.07) is 0. The van der Waals surface area contributed by atoms with Gasteiger partial charge in [0.25, 0.3) is 0 Å². The van der Waals surface area contributed by atoms with E-state index in [-0.39, 0.29) is 5.78 Å². The molecule has 0 aliphatic carbocycles. The second kappa shape index (κ2) is 4.57. The molecule has 1 heteroatoms. The third kappa shape index (κ3) is 3.59. The van der Waals surface area contributed by atoms with Gasteiger partial charge >= 0.3 is 0 Å². The van der Waals surface area contributed by atoms with E-state index in [4.69, 9.17) is 0 Å². The normalized spacial score (nSPS) is 10.2. The molecule has 0 N–H and O–H groups in total. The summed E-state index contributed by atoms with van der Waals surface area (Å²) < 4.78 is 0. The van der Waals surface area contributed by atoms with Crippen LogP contribution in [0.2, 0.25) is 0 Å². The van der Waals surface area contributed by atoms with Crippen LogP contribution in [0.25, 0.3) is 0 Å². The Balaban J connectivity index is 3.33. The van der Waals surface area contributed by atoms with E-state index in [0.29, 0.717) is 6.42 Å². The molecule has 0 aromatic rings. The zero-order valence-corrected chi connectivity index (χ0v) is 5.35. The molecule has 0 spiro atoms. The number of carbonyl (C=O) groups excluding carboxylic acids is 1. The van der Waals surface area contributed by atoms with Crippen LogP contribution in [0.4, 0.5) is 0 Å². The number of ketones is 1. The molecule has 0 aliphatic rings. The Morgan fingerprint density at radius 2 is 2.12 bits per heavy atom. The van der Waals surface area contributed by atoms with Gasteiger partial charge in [-0.05, 0) is 19.4 Å². The molecule has 0 saturated heterocycles. The Kier molecular flexibility index (Phi) is 4.23. The van der Waals surface area contributed by atoms with Gasteiger partial charge in [0, 0.05) is 6.42 Å². The minimum atomic E-state index is 0.176. The summed E-state index contributed by atoms with van der Waals surface area (Å²) in [6.07, 6.45) is 5.75. The molecule has 0 aliphatic heterocycles. The van der Waals surface area contributed by atoms with Crippen molar-refractivity contribution in [2.24, 2.45) is 0 Å². The summed E-state index contributed by atoms with van der Waals surface area (Å²) in [6.45, 7) is 3.72. The lowest BCUT2D eigenvalue weighted by Gasteiger charge is -1.84. The lowest BCUT2D eigenvalue weighted by molar-refractivity contribution is -0.114. The summed E-state index contributed by atoms with van der Waals surface area (Å²) in [5.74, 6) is 0.176. The molecule has 0 unspecified atom stereocenters. The third-order valence-electron chi connectivity index (χ3n) is 0.758. The van der Waals surface area contributed by atoms with Crippen molar-refractivity contribution in [2.75, 3.05) is 0 Å². The molecule has 0 bridgehead atoms. The van der Waals surface area contributed by atoms with E-state index in [9.17, 15) is 4.79 Å². The summed E-state index contributed by atoms with van der Waals surface area (Å²) in [7, 11) is 0. The van der Waals surface area contributed by atoms with Gasteiger partial charge in [0.2, 0.25) is 0 Å². The van der Waals surface area contributed by atoms with Crippen LogP contribution in [-0.4, -0.2) is 5.78 Å². The second-order valence-corrected chi connectivity index (χ2v) is 1.58. The Labute approximate surface area is 50.4 Å². The van der Waals surface area contributed by atoms with Gasteiger partial charge in [-0.3, -0.25) is 4.79 Å². The van der Waals surface area contributed by atoms with E-state index >= 15 is 0 Å². The van der Waals surface area contributed by atoms with Gasteiger partial charge in [0.1, 0.15) is 0 Å². The monoisotopic (exact) mass is 111 g/mol. The largest absolute Gasteiger partial charge is 0.295 e. The summed E-state index contributed by atoms with van der Waals surface area (Å²) >= 11 is 0. The van der Waals surface area contributed by atoms with Gasteiger partial charge in [0.15, 0.2) is 5.78 Å². The third-order valence-corrected chi connectivity index (χ3v) is 0.758. The average Bonchev–Trinajstić information content (AvgIpc) is 1.68. The first-order valence-corrected chi connectivity index (χ1v) is 2.74. The van der Waals surface area contributed by atoms with Crippen molar-refractivity contribution >= 4 is 5.78 Å². The number of rotatable bonds is 3. The number of hydrogen-bond donors (Lipinski definition) is 0. The van der Waals surface area contributed by atoms with Crippen LogP contribution in [0.3, 0.4) is 0 Å². The van der Waals surface area contributed by atoms with Gasteiger partial charge in [0.05, 0.1) is 0 Å². The van der Waals surface area contributed by atoms with Crippen molar-refractivity contribution in [3.63, 3.8) is 0 Å². The predicted octanol–water partition coefficient (Wildman–Crippen LogP) is 1.75. The molecule has 1 radical (unpaired) electrons. The van der Waals surface area contributed by atoms with Crippen molar-refractivity contribution in [3.8, 4) is 0 Å². The predicted molar refractivity (Wildman–Crippen MR) is 34.4 cm³/mol. The van der Waals surface area contributed by atoms with E-state index in [1.807, 2.05) is 20.3 Å². The van der Waals surface area contributed by atoms with E-state index < -0.39 is 0 Å². The van der Waals surface area contributed by atoms with Crippen LogP contribution in [-0.2, 0) is 4.79 Å². The highest BCUT2D eigenvalue weighted by molar-refractivity contribution is 5.90. The van der Waals surface area contributed by atoms with Crippen molar-refractivity contribution in [1.82, 2.24) is 0 Å². The highest BCUT2D eigenvalue weighted by Crippen LogP contribution is 1.87. The molecule has 1 nitrogen and oxygen atoms in total. The van der Waals surface area contributed by atoms with Crippen molar-refractivity contribution in [1.29, 1.82) is 0 Å². The Morgan fingerprint density at radius 1 is 1.50 bits per heavy atom. The minimum Gasteiger partial charge on any atom is -0.295 e. The van der Waals surface area contributed by atoms with Crippen LogP contribution in [0.15, 0.2) is 12.2 Å². The summed E-state index contributed by atoms with van der Waals surface area (Å²) in [5.41, 5.74) is 0. The van der Waals surface area contributed by atoms with E-state index in [2.05, 4.69) is 0 Å². The highest BCUT2D eigenvalue weighted by atomic mass is 16.1. The fourth-order valence-electron chi connectivity index (χ4n) is 0.455. The summed E-state index contributed by atoms with van der Waals surface area (Å²) in [5, 5.41) is 0. The molecule has 0 rings (SSSR count). The second-order valence-electron chi connectivity index (χ2n) is 1.58. The van der Waals surface area contributed by atoms with E-state index in [1.54, 1.807) is 12.2 Å². The standard InChI is InChI=1S/C7H11O/c1-3-5-7(8)6-4-2/h3-5H,6H2,1-2H3/b5-3-. The molecule has 0 aromatic carbocycles. The molecule has 0 amide bonds. The van der Waals surface area contributed by atoms with Gasteiger partial charge in [-0.1, -0.05) is 13.0 Å². The quantitative estimate of drug-likeness (QED) is 0.507. The summed E-state index contributed by atoms with van der Waals surface area (Å²) in [4.78, 5) is 10.5. The zero-order valence-electron chi connectivity index (χ0n) is 5.35. The molecule has 45 valence electrons. The zero-order chi connectivity index (χ0) is 6.41. The molecule has 0 heterocycles. The van der Waals surface area contributed by atoms with Gasteiger partial charge in [-0.25, -0.2) is 0 Å². The topological polar surface area (TPSA) is 17.1 Å². The van der Waals surface area contributed by atoms with Crippen LogP contribution < -0.4 is 0 Å². The molecular formula is C7H11O. The van der Waals surface area contributed by atoms with E-state index in [0.717, 1.165) is 0 Å². The smallest absolute Gasteiger partial charge is 0.155 e. The fraction of sp³-hybridized carbons (Fsp3) is 0.429. The average molecular weight is 111 g/mol. The van der Waals surface area contributed by atoms with Crippen LogP contribution >= 0.6 is 0 Å². The molecule has 0 atom stereocenters. The highest BCUT2D eigenvalue weighted by Gasteiger charge is 1.89. The van der Waals surface area contributed by atoms with Crippen LogP contribution in [0.5, 0.6) is 0 Å². The minimum absolute atomic E-state index is 0.176. The molecule has 0 aromatic heterocycles. The maximum atomic E-state index is 10.5. The fourth-order valence-corrected chi connectivity index (χ4v) is 0.455. The SMILES string of the molecule is C[CH]CC(=O)/C=C\C. The first kappa shape index (κ1) is 7.41.